The van der Waals surface area contributed by atoms with Crippen molar-refractivity contribution in [2.24, 2.45) is 5.14 Å². The van der Waals surface area contributed by atoms with Crippen LogP contribution in [-0.2, 0) is 20.0 Å². The van der Waals surface area contributed by atoms with Crippen LogP contribution in [0.3, 0.4) is 0 Å². The number of rotatable bonds is 5. The van der Waals surface area contributed by atoms with Crippen LogP contribution >= 0.6 is 15.9 Å². The van der Waals surface area contributed by atoms with Crippen LogP contribution in [-0.4, -0.2) is 23.4 Å². The molecule has 100 valence electrons. The van der Waals surface area contributed by atoms with Crippen molar-refractivity contribution in [3.8, 4) is 0 Å². The molecule has 0 aliphatic rings. The summed E-state index contributed by atoms with van der Waals surface area (Å²) in [6.07, 6.45) is 0. The van der Waals surface area contributed by atoms with Gasteiger partial charge in [0.2, 0.25) is 20.0 Å². The van der Waals surface area contributed by atoms with Crippen LogP contribution < -0.4 is 9.86 Å². The van der Waals surface area contributed by atoms with Crippen LogP contribution in [0.1, 0.15) is 0 Å². The van der Waals surface area contributed by atoms with Gasteiger partial charge in [-0.25, -0.2) is 26.7 Å². The summed E-state index contributed by atoms with van der Waals surface area (Å²) in [4.78, 5) is -0.199. The molecule has 1 aromatic carbocycles. The topological polar surface area (TPSA) is 106 Å². The van der Waals surface area contributed by atoms with Crippen molar-refractivity contribution in [1.82, 2.24) is 4.72 Å². The first-order valence-electron chi connectivity index (χ1n) is 4.59. The lowest BCUT2D eigenvalue weighted by Crippen LogP contribution is -2.24. The van der Waals surface area contributed by atoms with Gasteiger partial charge < -0.3 is 0 Å². The van der Waals surface area contributed by atoms with Crippen LogP contribution in [0, 0.1) is 0 Å². The van der Waals surface area contributed by atoms with Gasteiger partial charge in [0.25, 0.3) is 0 Å². The number of hydrogen-bond donors (Lipinski definition) is 2. The molecule has 0 aromatic heterocycles. The summed E-state index contributed by atoms with van der Waals surface area (Å²) in [5, 5.41) is 4.90. The quantitative estimate of drug-likeness (QED) is 0.803. The number of halogens is 1. The zero-order valence-corrected chi connectivity index (χ0v) is 12.3. The van der Waals surface area contributed by atoms with E-state index in [2.05, 4.69) is 27.2 Å². The van der Waals surface area contributed by atoms with Gasteiger partial charge in [-0.2, -0.15) is 0 Å². The molecule has 0 heterocycles. The maximum atomic E-state index is 11.7. The number of nitrogens with one attached hydrogen (secondary N) is 1. The molecule has 0 unspecified atom stereocenters. The number of benzene rings is 1. The lowest BCUT2D eigenvalue weighted by molar-refractivity contribution is 0.584. The highest BCUT2D eigenvalue weighted by Gasteiger charge is 2.15. The van der Waals surface area contributed by atoms with Crippen LogP contribution in [0.2, 0.25) is 0 Å². The Morgan fingerprint density at radius 2 is 1.61 bits per heavy atom. The Morgan fingerprint density at radius 1 is 1.17 bits per heavy atom. The summed E-state index contributed by atoms with van der Waals surface area (Å²) in [5.41, 5.74) is 0. The van der Waals surface area contributed by atoms with Crippen molar-refractivity contribution in [1.29, 1.82) is 0 Å². The molecule has 0 fully saturated rings. The Balaban J connectivity index is 3.02. The van der Waals surface area contributed by atoms with Crippen molar-refractivity contribution in [3.63, 3.8) is 0 Å². The van der Waals surface area contributed by atoms with Gasteiger partial charge in [0.1, 0.15) is 0 Å². The zero-order valence-electron chi connectivity index (χ0n) is 9.13. The van der Waals surface area contributed by atoms with E-state index >= 15 is 0 Å². The molecular weight excluding hydrogens is 344 g/mol. The number of nitrogens with two attached hydrogens (primary N) is 1. The molecule has 0 saturated carbocycles. The molecular formula is C9H11BrN2O4S2. The van der Waals surface area contributed by atoms with Gasteiger partial charge in [0.15, 0.2) is 0 Å². The molecule has 9 heteroatoms. The van der Waals surface area contributed by atoms with Crippen LogP contribution in [0.25, 0.3) is 0 Å². The number of primary sulfonamides is 1. The average molecular weight is 355 g/mol. The van der Waals surface area contributed by atoms with Crippen molar-refractivity contribution in [3.05, 3.63) is 35.3 Å². The fraction of sp³-hybridized carbons (Fsp3) is 0.111. The van der Waals surface area contributed by atoms with Gasteiger partial charge in [0.05, 0.1) is 9.79 Å². The molecule has 18 heavy (non-hydrogen) atoms. The maximum absolute atomic E-state index is 11.7. The van der Waals surface area contributed by atoms with Gasteiger partial charge in [0, 0.05) is 11.0 Å². The summed E-state index contributed by atoms with van der Waals surface area (Å²) in [7, 11) is -7.52. The SMILES string of the molecule is C=C(Br)CNS(=O)(=O)c1ccc(S(N)(=O)=O)cc1. The van der Waals surface area contributed by atoms with Crippen molar-refractivity contribution < 1.29 is 16.8 Å². The summed E-state index contributed by atoms with van der Waals surface area (Å²) in [6.45, 7) is 3.53. The Hall–Kier alpha value is -0.740. The van der Waals surface area contributed by atoms with Crippen LogP contribution in [0.4, 0.5) is 0 Å². The summed E-state index contributed by atoms with van der Waals surface area (Å²) in [5.74, 6) is 0. The first kappa shape index (κ1) is 15.3. The predicted molar refractivity (Wildman–Crippen MR) is 71.1 cm³/mol. The summed E-state index contributed by atoms with van der Waals surface area (Å²) >= 11 is 3.02. The molecule has 0 aliphatic carbocycles. The first-order chi connectivity index (χ1) is 8.13. The monoisotopic (exact) mass is 354 g/mol. The third-order valence-electron chi connectivity index (χ3n) is 1.92. The molecule has 0 spiro atoms. The van der Waals surface area contributed by atoms with Crippen LogP contribution in [0.15, 0.2) is 45.1 Å². The Morgan fingerprint density at radius 3 is 2.00 bits per heavy atom. The molecule has 0 bridgehead atoms. The molecule has 6 nitrogen and oxygen atoms in total. The van der Waals surface area contributed by atoms with Crippen LogP contribution in [0.5, 0.6) is 0 Å². The minimum atomic E-state index is -3.83. The lowest BCUT2D eigenvalue weighted by Gasteiger charge is -2.06. The van der Waals surface area contributed by atoms with Crippen molar-refractivity contribution >= 4 is 36.0 Å². The molecule has 0 atom stereocenters. The van der Waals surface area contributed by atoms with E-state index in [1.165, 1.54) is 12.1 Å². The van der Waals surface area contributed by atoms with E-state index in [1.54, 1.807) is 0 Å². The molecule has 1 rings (SSSR count). The Bertz CT molecular complexity index is 650. The zero-order chi connectivity index (χ0) is 14.0. The Labute approximate surface area is 114 Å². The highest BCUT2D eigenvalue weighted by Crippen LogP contribution is 2.13. The smallest absolute Gasteiger partial charge is 0.225 e. The van der Waals surface area contributed by atoms with Gasteiger partial charge in [-0.1, -0.05) is 22.5 Å². The van der Waals surface area contributed by atoms with Gasteiger partial charge in [-0.15, -0.1) is 0 Å². The minimum absolute atomic E-state index is 0.0409. The highest BCUT2D eigenvalue weighted by atomic mass is 79.9. The average Bonchev–Trinajstić information content (AvgIpc) is 2.26. The third kappa shape index (κ3) is 4.18. The summed E-state index contributed by atoms with van der Waals surface area (Å²) in [6, 6.07) is 4.60. The van der Waals surface area contributed by atoms with E-state index in [9.17, 15) is 16.8 Å². The largest absolute Gasteiger partial charge is 0.240 e. The van der Waals surface area contributed by atoms with E-state index in [4.69, 9.17) is 5.14 Å². The van der Waals surface area contributed by atoms with Gasteiger partial charge in [-0.05, 0) is 24.3 Å². The third-order valence-corrected chi connectivity index (χ3v) is 4.54. The molecule has 0 saturated heterocycles. The molecule has 0 aliphatic heterocycles. The first-order valence-corrected chi connectivity index (χ1v) is 8.41. The maximum Gasteiger partial charge on any atom is 0.240 e. The van der Waals surface area contributed by atoms with Crippen molar-refractivity contribution in [2.75, 3.05) is 6.54 Å². The molecule has 0 amide bonds. The lowest BCUT2D eigenvalue weighted by atomic mass is 10.4. The van der Waals surface area contributed by atoms with E-state index in [0.717, 1.165) is 12.1 Å². The molecule has 3 N–H and O–H groups in total. The number of sulfonamides is 2. The minimum Gasteiger partial charge on any atom is -0.225 e. The number of hydrogen-bond acceptors (Lipinski definition) is 4. The fourth-order valence-corrected chi connectivity index (χ4v) is 2.93. The molecule has 1 aromatic rings. The second kappa shape index (κ2) is 5.49. The summed E-state index contributed by atoms with van der Waals surface area (Å²) < 4.78 is 48.3. The second-order valence-corrected chi connectivity index (χ2v) is 7.81. The fourth-order valence-electron chi connectivity index (χ4n) is 1.07. The highest BCUT2D eigenvalue weighted by molar-refractivity contribution is 9.11. The van der Waals surface area contributed by atoms with E-state index in [-0.39, 0.29) is 16.3 Å². The van der Waals surface area contributed by atoms with E-state index in [0.29, 0.717) is 4.48 Å². The molecule has 0 radical (unpaired) electrons. The Kier molecular flexibility index (Phi) is 4.67. The predicted octanol–water partition coefficient (Wildman–Crippen LogP) is 0.521. The van der Waals surface area contributed by atoms with Gasteiger partial charge >= 0.3 is 0 Å². The van der Waals surface area contributed by atoms with E-state index < -0.39 is 20.0 Å². The van der Waals surface area contributed by atoms with Gasteiger partial charge in [-0.3, -0.25) is 0 Å². The normalized spacial score (nSPS) is 12.3. The second-order valence-electron chi connectivity index (χ2n) is 3.36. The van der Waals surface area contributed by atoms with Crippen molar-refractivity contribution in [2.45, 2.75) is 9.79 Å². The standard InChI is InChI=1S/C9H11BrN2O4S2/c1-7(10)6-12-18(15,16)9-4-2-8(3-5-9)17(11,13)14/h2-5,12H,1,6H2,(H2,11,13,14). The van der Waals surface area contributed by atoms with E-state index in [1.807, 2.05) is 0 Å².